The molecule has 0 aliphatic carbocycles. The van der Waals surface area contributed by atoms with Crippen molar-refractivity contribution in [1.82, 2.24) is 4.31 Å². The highest BCUT2D eigenvalue weighted by molar-refractivity contribution is 7.89. The lowest BCUT2D eigenvalue weighted by molar-refractivity contribution is 0.0981. The van der Waals surface area contributed by atoms with E-state index in [-0.39, 0.29) is 11.9 Å². The van der Waals surface area contributed by atoms with E-state index in [0.29, 0.717) is 35.0 Å². The molecule has 1 fully saturated rings. The Labute approximate surface area is 171 Å². The maximum Gasteiger partial charge on any atom is 0.258 e. The number of amides is 1. The molecule has 0 N–H and O–H groups in total. The van der Waals surface area contributed by atoms with Crippen LogP contribution in [0.2, 0.25) is 5.02 Å². The Hall–Kier alpha value is -1.89. The number of benzene rings is 2. The summed E-state index contributed by atoms with van der Waals surface area (Å²) in [7, 11) is -3.48. The quantitative estimate of drug-likeness (QED) is 0.753. The third-order valence-electron chi connectivity index (χ3n) is 5.53. The van der Waals surface area contributed by atoms with E-state index < -0.39 is 10.0 Å². The maximum atomic E-state index is 13.0. The van der Waals surface area contributed by atoms with E-state index in [1.807, 2.05) is 6.92 Å². The number of fused-ring (bicyclic) bond motifs is 1. The van der Waals surface area contributed by atoms with Gasteiger partial charge >= 0.3 is 0 Å². The number of hydrogen-bond acceptors (Lipinski definition) is 3. The van der Waals surface area contributed by atoms with Gasteiger partial charge in [-0.2, -0.15) is 4.31 Å². The van der Waals surface area contributed by atoms with E-state index in [4.69, 9.17) is 11.6 Å². The van der Waals surface area contributed by atoms with Crippen LogP contribution in [0.4, 0.5) is 5.69 Å². The molecule has 0 radical (unpaired) electrons. The van der Waals surface area contributed by atoms with Crippen LogP contribution in [0.3, 0.4) is 0 Å². The molecule has 2 aliphatic heterocycles. The molecule has 0 spiro atoms. The highest BCUT2D eigenvalue weighted by atomic mass is 35.5. The first kappa shape index (κ1) is 19.4. The molecular weight excluding hydrogens is 396 g/mol. The SMILES string of the molecule is C[C@H]1Cc2cc(S(=O)(=O)N3CCCCC3)ccc2N1C(=O)c1ccc(Cl)cc1. The largest absolute Gasteiger partial charge is 0.305 e. The molecule has 2 aromatic rings. The number of anilines is 1. The van der Waals surface area contributed by atoms with Gasteiger partial charge in [-0.15, -0.1) is 0 Å². The highest BCUT2D eigenvalue weighted by Crippen LogP contribution is 2.36. The Morgan fingerprint density at radius 1 is 1.04 bits per heavy atom. The molecule has 1 amide bonds. The lowest BCUT2D eigenvalue weighted by Gasteiger charge is -2.26. The number of hydrogen-bond donors (Lipinski definition) is 0. The third kappa shape index (κ3) is 3.45. The number of nitrogens with zero attached hydrogens (tertiary/aromatic N) is 2. The molecular formula is C21H23ClN2O3S. The molecule has 1 atom stereocenters. The predicted octanol–water partition coefficient (Wildman–Crippen LogP) is 4.11. The summed E-state index contributed by atoms with van der Waals surface area (Å²) in [4.78, 5) is 15.1. The summed E-state index contributed by atoms with van der Waals surface area (Å²) in [5.41, 5.74) is 2.24. The van der Waals surface area contributed by atoms with Crippen LogP contribution < -0.4 is 4.90 Å². The average molecular weight is 419 g/mol. The minimum Gasteiger partial charge on any atom is -0.305 e. The second-order valence-electron chi connectivity index (χ2n) is 7.49. The van der Waals surface area contributed by atoms with Crippen molar-refractivity contribution >= 4 is 33.2 Å². The second kappa shape index (κ2) is 7.50. The lowest BCUT2D eigenvalue weighted by atomic mass is 10.1. The van der Waals surface area contributed by atoms with E-state index in [0.717, 1.165) is 30.5 Å². The maximum absolute atomic E-state index is 13.0. The van der Waals surface area contributed by atoms with Gasteiger partial charge in [0.05, 0.1) is 4.90 Å². The Bertz CT molecular complexity index is 999. The van der Waals surface area contributed by atoms with Crippen molar-refractivity contribution in [1.29, 1.82) is 0 Å². The molecule has 0 unspecified atom stereocenters. The number of piperidine rings is 1. The molecule has 0 aromatic heterocycles. The topological polar surface area (TPSA) is 57.7 Å². The first-order valence-electron chi connectivity index (χ1n) is 9.60. The van der Waals surface area contributed by atoms with Gasteiger partial charge in [-0.1, -0.05) is 18.0 Å². The van der Waals surface area contributed by atoms with Gasteiger partial charge in [0.2, 0.25) is 10.0 Å². The monoisotopic (exact) mass is 418 g/mol. The smallest absolute Gasteiger partial charge is 0.258 e. The Balaban J connectivity index is 1.65. The molecule has 1 saturated heterocycles. The number of halogens is 1. The average Bonchev–Trinajstić information content (AvgIpc) is 3.03. The Kier molecular flexibility index (Phi) is 5.21. The zero-order valence-corrected chi connectivity index (χ0v) is 17.3. The zero-order valence-electron chi connectivity index (χ0n) is 15.8. The van der Waals surface area contributed by atoms with Gasteiger partial charge in [0.15, 0.2) is 0 Å². The van der Waals surface area contributed by atoms with E-state index in [1.165, 1.54) is 0 Å². The van der Waals surface area contributed by atoms with Gasteiger partial charge in [0.25, 0.3) is 5.91 Å². The first-order valence-corrected chi connectivity index (χ1v) is 11.4. The summed E-state index contributed by atoms with van der Waals surface area (Å²) < 4.78 is 27.5. The molecule has 28 heavy (non-hydrogen) atoms. The van der Waals surface area contributed by atoms with Gasteiger partial charge in [-0.05, 0) is 74.2 Å². The van der Waals surface area contributed by atoms with Crippen molar-refractivity contribution in [3.63, 3.8) is 0 Å². The predicted molar refractivity (Wildman–Crippen MR) is 110 cm³/mol. The van der Waals surface area contributed by atoms with Crippen molar-refractivity contribution in [3.05, 3.63) is 58.6 Å². The highest BCUT2D eigenvalue weighted by Gasteiger charge is 2.34. The molecule has 0 bridgehead atoms. The fourth-order valence-corrected chi connectivity index (χ4v) is 5.76. The number of sulfonamides is 1. The summed E-state index contributed by atoms with van der Waals surface area (Å²) in [5.74, 6) is -0.102. The first-order chi connectivity index (χ1) is 13.4. The van der Waals surface area contributed by atoms with E-state index in [9.17, 15) is 13.2 Å². The minimum atomic E-state index is -3.48. The minimum absolute atomic E-state index is 0.0360. The van der Waals surface area contributed by atoms with E-state index in [1.54, 1.807) is 51.7 Å². The second-order valence-corrected chi connectivity index (χ2v) is 9.86. The van der Waals surface area contributed by atoms with Crippen LogP contribution in [-0.2, 0) is 16.4 Å². The zero-order chi connectivity index (χ0) is 19.9. The van der Waals surface area contributed by atoms with Crippen LogP contribution in [0.25, 0.3) is 0 Å². The van der Waals surface area contributed by atoms with Gasteiger partial charge in [0.1, 0.15) is 0 Å². The fourth-order valence-electron chi connectivity index (χ4n) is 4.06. The number of carbonyl (C=O) groups excluding carboxylic acids is 1. The summed E-state index contributed by atoms with van der Waals surface area (Å²) in [6.45, 7) is 3.14. The fraction of sp³-hybridized carbons (Fsp3) is 0.381. The number of rotatable bonds is 3. The van der Waals surface area contributed by atoms with Crippen LogP contribution in [0.5, 0.6) is 0 Å². The molecule has 2 aromatic carbocycles. The summed E-state index contributed by atoms with van der Waals surface area (Å²) in [5, 5.41) is 0.582. The van der Waals surface area contributed by atoms with Crippen molar-refractivity contribution in [2.75, 3.05) is 18.0 Å². The van der Waals surface area contributed by atoms with Crippen LogP contribution in [-0.4, -0.2) is 37.8 Å². The van der Waals surface area contributed by atoms with E-state index in [2.05, 4.69) is 0 Å². The number of carbonyl (C=O) groups is 1. The summed E-state index contributed by atoms with van der Waals surface area (Å²) in [6, 6.07) is 11.9. The third-order valence-corrected chi connectivity index (χ3v) is 7.68. The Morgan fingerprint density at radius 2 is 1.71 bits per heavy atom. The van der Waals surface area contributed by atoms with Gasteiger partial charge in [-0.25, -0.2) is 8.42 Å². The molecule has 2 heterocycles. The van der Waals surface area contributed by atoms with Gasteiger partial charge in [-0.3, -0.25) is 4.79 Å². The van der Waals surface area contributed by atoms with Crippen LogP contribution in [0.1, 0.15) is 42.1 Å². The van der Waals surface area contributed by atoms with Crippen molar-refractivity contribution in [3.8, 4) is 0 Å². The molecule has 7 heteroatoms. The molecule has 4 rings (SSSR count). The van der Waals surface area contributed by atoms with Crippen LogP contribution >= 0.6 is 11.6 Å². The van der Waals surface area contributed by atoms with Gasteiger partial charge in [0, 0.05) is 35.4 Å². The van der Waals surface area contributed by atoms with Crippen molar-refractivity contribution in [2.45, 2.75) is 43.5 Å². The molecule has 148 valence electrons. The van der Waals surface area contributed by atoms with Crippen LogP contribution in [0, 0.1) is 0 Å². The normalized spacial score (nSPS) is 20.2. The molecule has 2 aliphatic rings. The Morgan fingerprint density at radius 3 is 2.39 bits per heavy atom. The molecule has 0 saturated carbocycles. The summed E-state index contributed by atoms with van der Waals surface area (Å²) in [6.07, 6.45) is 3.53. The summed E-state index contributed by atoms with van der Waals surface area (Å²) >= 11 is 5.92. The lowest BCUT2D eigenvalue weighted by Crippen LogP contribution is -2.36. The van der Waals surface area contributed by atoms with Crippen LogP contribution in [0.15, 0.2) is 47.4 Å². The van der Waals surface area contributed by atoms with Crippen molar-refractivity contribution in [2.24, 2.45) is 0 Å². The van der Waals surface area contributed by atoms with E-state index >= 15 is 0 Å². The van der Waals surface area contributed by atoms with Gasteiger partial charge < -0.3 is 4.90 Å². The standard InChI is InChI=1S/C21H23ClN2O3S/c1-15-13-17-14-19(28(26,27)23-11-3-2-4-12-23)9-10-20(17)24(15)21(25)16-5-7-18(22)8-6-16/h5-10,14-15H,2-4,11-13H2,1H3/t15-/m0/s1. The molecule has 5 nitrogen and oxygen atoms in total. The van der Waals surface area contributed by atoms with Crippen molar-refractivity contribution < 1.29 is 13.2 Å².